The Balaban J connectivity index is 1.57. The third-order valence-corrected chi connectivity index (χ3v) is 6.75. The van der Waals surface area contributed by atoms with Gasteiger partial charge in [-0.05, 0) is 65.4 Å². The third kappa shape index (κ3) is 5.46. The molecule has 9 heteroatoms. The minimum atomic E-state index is -0.988. The fourth-order valence-corrected chi connectivity index (χ4v) is 4.70. The van der Waals surface area contributed by atoms with Gasteiger partial charge in [0.15, 0.2) is 0 Å². The number of ether oxygens (including phenoxy) is 1. The summed E-state index contributed by atoms with van der Waals surface area (Å²) < 4.78 is 6.72. The molecule has 2 heterocycles. The molecule has 0 aliphatic carbocycles. The van der Waals surface area contributed by atoms with Crippen LogP contribution in [0.5, 0.6) is 5.88 Å². The molecule has 1 amide bonds. The van der Waals surface area contributed by atoms with E-state index in [0.29, 0.717) is 32.6 Å². The summed E-state index contributed by atoms with van der Waals surface area (Å²) in [5.41, 5.74) is 2.75. The third-order valence-electron chi connectivity index (χ3n) is 6.52. The van der Waals surface area contributed by atoms with Crippen LogP contribution >= 0.6 is 11.6 Å². The number of carbonyl (C=O) groups is 1. The van der Waals surface area contributed by atoms with E-state index >= 15 is 0 Å². The molecule has 8 nitrogen and oxygen atoms in total. The van der Waals surface area contributed by atoms with Crippen molar-refractivity contribution in [3.63, 3.8) is 0 Å². The first-order chi connectivity index (χ1) is 18.8. The zero-order valence-corrected chi connectivity index (χ0v) is 22.0. The number of hydrogen-bond donors (Lipinski definition) is 2. The van der Waals surface area contributed by atoms with Crippen molar-refractivity contribution < 1.29 is 9.53 Å². The number of fused-ring (bicyclic) bond motifs is 1. The molecule has 1 atom stereocenters. The highest BCUT2D eigenvalue weighted by molar-refractivity contribution is 6.30. The van der Waals surface area contributed by atoms with Crippen LogP contribution in [0.1, 0.15) is 17.2 Å². The van der Waals surface area contributed by atoms with Crippen LogP contribution in [0, 0.1) is 6.92 Å². The zero-order valence-electron chi connectivity index (χ0n) is 21.3. The molecule has 0 saturated heterocycles. The van der Waals surface area contributed by atoms with Gasteiger partial charge in [0, 0.05) is 34.8 Å². The second kappa shape index (κ2) is 11.0. The molecule has 5 aromatic rings. The lowest BCUT2D eigenvalue weighted by Gasteiger charge is -2.20. The van der Waals surface area contributed by atoms with Crippen molar-refractivity contribution >= 4 is 34.0 Å². The maximum atomic E-state index is 13.7. The average molecular weight is 541 g/mol. The number of rotatable bonds is 7. The van der Waals surface area contributed by atoms with Crippen molar-refractivity contribution in [3.05, 3.63) is 122 Å². The van der Waals surface area contributed by atoms with E-state index in [9.17, 15) is 14.4 Å². The Morgan fingerprint density at radius 3 is 2.59 bits per heavy atom. The number of aromatic nitrogens is 3. The van der Waals surface area contributed by atoms with Gasteiger partial charge < -0.3 is 15.0 Å². The van der Waals surface area contributed by atoms with E-state index in [0.717, 1.165) is 15.8 Å². The van der Waals surface area contributed by atoms with Gasteiger partial charge in [0.05, 0.1) is 12.7 Å². The van der Waals surface area contributed by atoms with Crippen LogP contribution in [0.2, 0.25) is 5.02 Å². The summed E-state index contributed by atoms with van der Waals surface area (Å²) in [5, 5.41) is 9.08. The van der Waals surface area contributed by atoms with Gasteiger partial charge in [-0.1, -0.05) is 48.0 Å². The van der Waals surface area contributed by atoms with Crippen LogP contribution in [-0.4, -0.2) is 27.8 Å². The Hall–Kier alpha value is -4.69. The Kier molecular flexibility index (Phi) is 7.29. The van der Waals surface area contributed by atoms with E-state index in [1.807, 2.05) is 43.3 Å². The number of hydrogen-bond acceptors (Lipinski definition) is 5. The highest BCUT2D eigenvalue weighted by Gasteiger charge is 2.26. The van der Waals surface area contributed by atoms with Crippen LogP contribution in [-0.2, 0) is 11.2 Å². The average Bonchev–Trinajstić information content (AvgIpc) is 2.94. The number of nitrogens with one attached hydrogen (secondary N) is 2. The van der Waals surface area contributed by atoms with E-state index in [1.54, 1.807) is 42.6 Å². The first-order valence-corrected chi connectivity index (χ1v) is 12.6. The maximum absolute atomic E-state index is 13.7. The molecule has 39 heavy (non-hydrogen) atoms. The van der Waals surface area contributed by atoms with Crippen molar-refractivity contribution in [2.75, 3.05) is 12.4 Å². The molecule has 2 aromatic heterocycles. The molecule has 1 unspecified atom stereocenters. The number of carbonyl (C=O) groups excluding carboxylic acids is 1. The normalized spacial score (nSPS) is 11.8. The Bertz CT molecular complexity index is 1800. The second-order valence-electron chi connectivity index (χ2n) is 9.11. The van der Waals surface area contributed by atoms with Crippen molar-refractivity contribution in [2.45, 2.75) is 19.4 Å². The smallest absolute Gasteiger partial charge is 0.268 e. The molecule has 0 radical (unpaired) electrons. The number of aryl methyl sites for hydroxylation is 1. The van der Waals surface area contributed by atoms with Gasteiger partial charge in [-0.3, -0.25) is 14.4 Å². The van der Waals surface area contributed by atoms with Gasteiger partial charge >= 0.3 is 0 Å². The van der Waals surface area contributed by atoms with Gasteiger partial charge in [-0.15, -0.1) is 5.10 Å². The van der Waals surface area contributed by atoms with Crippen molar-refractivity contribution in [1.82, 2.24) is 14.8 Å². The summed E-state index contributed by atoms with van der Waals surface area (Å²) in [7, 11) is 1.46. The van der Waals surface area contributed by atoms with Crippen molar-refractivity contribution in [3.8, 4) is 17.0 Å². The van der Waals surface area contributed by atoms with Crippen LogP contribution < -0.4 is 21.2 Å². The predicted octanol–water partition coefficient (Wildman–Crippen LogP) is 5.14. The fraction of sp³-hybridized carbons (Fsp3) is 0.133. The zero-order chi connectivity index (χ0) is 27.5. The largest absolute Gasteiger partial charge is 0.480 e. The van der Waals surface area contributed by atoms with E-state index < -0.39 is 17.5 Å². The van der Waals surface area contributed by atoms with E-state index in [2.05, 4.69) is 15.4 Å². The van der Waals surface area contributed by atoms with Gasteiger partial charge in [-0.25, -0.2) is 4.68 Å². The number of aromatic amines is 1. The topological polar surface area (TPSA) is 106 Å². The van der Waals surface area contributed by atoms with Crippen molar-refractivity contribution in [2.24, 2.45) is 0 Å². The number of halogens is 1. The lowest BCUT2D eigenvalue weighted by molar-refractivity contribution is -0.119. The van der Waals surface area contributed by atoms with Crippen LogP contribution in [0.3, 0.4) is 0 Å². The van der Waals surface area contributed by atoms with E-state index in [1.165, 1.54) is 13.2 Å². The fourth-order valence-electron chi connectivity index (χ4n) is 4.53. The predicted molar refractivity (Wildman–Crippen MR) is 153 cm³/mol. The molecule has 0 aliphatic heterocycles. The molecular weight excluding hydrogens is 516 g/mol. The molecule has 2 N–H and O–H groups in total. The molecule has 5 rings (SSSR count). The number of benzene rings is 3. The molecular formula is C30H25ClN4O4. The Morgan fingerprint density at radius 2 is 1.82 bits per heavy atom. The lowest BCUT2D eigenvalue weighted by atomic mass is 10.0. The van der Waals surface area contributed by atoms with Crippen molar-refractivity contribution in [1.29, 1.82) is 0 Å². The van der Waals surface area contributed by atoms with E-state index in [4.69, 9.17) is 16.3 Å². The standard InChI is InChI=1S/C30H25ClN4O4/c1-18-8-9-21(31)16-24(18)25-17-27(36)35(34-30(25)39-2)26(14-19-6-4-3-5-7-19)29(38)33-22-10-11-23-20(15-22)12-13-32-28(23)37/h3-13,15-17,26H,14H2,1-2H3,(H,32,37)(H,33,38). The molecule has 3 aromatic carbocycles. The highest BCUT2D eigenvalue weighted by Crippen LogP contribution is 2.32. The van der Waals surface area contributed by atoms with Crippen LogP contribution in [0.4, 0.5) is 5.69 Å². The summed E-state index contributed by atoms with van der Waals surface area (Å²) in [4.78, 5) is 41.9. The SMILES string of the molecule is COc1nn(C(Cc2ccccc2)C(=O)Nc2ccc3c(=O)[nH]ccc3c2)c(=O)cc1-c1cc(Cl)ccc1C. The first-order valence-electron chi connectivity index (χ1n) is 12.2. The summed E-state index contributed by atoms with van der Waals surface area (Å²) >= 11 is 6.22. The highest BCUT2D eigenvalue weighted by atomic mass is 35.5. The number of H-pyrrole nitrogens is 1. The summed E-state index contributed by atoms with van der Waals surface area (Å²) in [6, 6.07) is 21.9. The Labute approximate surface area is 228 Å². The van der Waals surface area contributed by atoms with Crippen LogP contribution in [0.15, 0.2) is 94.6 Å². The lowest BCUT2D eigenvalue weighted by Crippen LogP contribution is -2.36. The summed E-state index contributed by atoms with van der Waals surface area (Å²) in [6.45, 7) is 1.90. The summed E-state index contributed by atoms with van der Waals surface area (Å²) in [5.74, 6) is -0.248. The molecule has 0 bridgehead atoms. The monoisotopic (exact) mass is 540 g/mol. The minimum absolute atomic E-state index is 0.191. The van der Waals surface area contributed by atoms with Gasteiger partial charge in [-0.2, -0.15) is 0 Å². The maximum Gasteiger partial charge on any atom is 0.268 e. The quantitative estimate of drug-likeness (QED) is 0.297. The molecule has 0 saturated carbocycles. The molecule has 0 spiro atoms. The number of anilines is 1. The molecule has 0 fully saturated rings. The van der Waals surface area contributed by atoms with Gasteiger partial charge in [0.2, 0.25) is 11.8 Å². The number of methoxy groups -OCH3 is 1. The van der Waals surface area contributed by atoms with Gasteiger partial charge in [0.1, 0.15) is 6.04 Å². The number of amides is 1. The first kappa shape index (κ1) is 25.9. The minimum Gasteiger partial charge on any atom is -0.480 e. The Morgan fingerprint density at radius 1 is 1.03 bits per heavy atom. The van der Waals surface area contributed by atoms with Gasteiger partial charge in [0.25, 0.3) is 11.1 Å². The summed E-state index contributed by atoms with van der Waals surface area (Å²) in [6.07, 6.45) is 1.76. The molecule has 0 aliphatic rings. The number of pyridine rings is 1. The van der Waals surface area contributed by atoms with E-state index in [-0.39, 0.29) is 17.9 Å². The second-order valence-corrected chi connectivity index (χ2v) is 9.55. The molecule has 196 valence electrons. The van der Waals surface area contributed by atoms with Crippen LogP contribution in [0.25, 0.3) is 21.9 Å². The number of nitrogens with zero attached hydrogens (tertiary/aromatic N) is 2.